The lowest BCUT2D eigenvalue weighted by Gasteiger charge is -2.22. The highest BCUT2D eigenvalue weighted by Crippen LogP contribution is 2.51. The zero-order valence-corrected chi connectivity index (χ0v) is 30.2. The van der Waals surface area contributed by atoms with Gasteiger partial charge in [-0.1, -0.05) is 113 Å². The summed E-state index contributed by atoms with van der Waals surface area (Å²) >= 11 is 0. The molecule has 258 valence electrons. The van der Waals surface area contributed by atoms with Crippen LogP contribution >= 0.6 is 0 Å². The van der Waals surface area contributed by atoms with E-state index in [0.29, 0.717) is 45.6 Å². The summed E-state index contributed by atoms with van der Waals surface area (Å²) in [6, 6.07) is 40.5. The lowest BCUT2D eigenvalue weighted by molar-refractivity contribution is 0.606. The molecule has 4 aromatic carbocycles. The Balaban J connectivity index is 0.845. The predicted molar refractivity (Wildman–Crippen MR) is 212 cm³/mol. The van der Waals surface area contributed by atoms with Crippen LogP contribution < -0.4 is 0 Å². The van der Waals surface area contributed by atoms with Gasteiger partial charge in [0.05, 0.1) is 0 Å². The number of rotatable bonds is 4. The minimum absolute atomic E-state index is 0.0641. The molecule has 0 radical (unpaired) electrons. The van der Waals surface area contributed by atoms with Crippen LogP contribution in [0.15, 0.2) is 136 Å². The second-order valence-electron chi connectivity index (χ2n) is 15.4. The quantitative estimate of drug-likeness (QED) is 0.181. The predicted octanol–water partition coefficient (Wildman–Crippen LogP) is 11.4. The van der Waals surface area contributed by atoms with Gasteiger partial charge in [-0.15, -0.1) is 0 Å². The van der Waals surface area contributed by atoms with E-state index in [0.717, 1.165) is 22.3 Å². The van der Waals surface area contributed by atoms with Crippen molar-refractivity contribution in [2.24, 2.45) is 0 Å². The Kier molecular flexibility index (Phi) is 6.23. The van der Waals surface area contributed by atoms with E-state index in [1.807, 2.05) is 24.5 Å². The lowest BCUT2D eigenvalue weighted by atomic mass is 9.81. The van der Waals surface area contributed by atoms with Gasteiger partial charge in [0.2, 0.25) is 23.1 Å². The number of fused-ring (bicyclic) bond motifs is 8. The van der Waals surface area contributed by atoms with Crippen molar-refractivity contribution in [3.63, 3.8) is 0 Å². The molecule has 2 aliphatic carbocycles. The number of nitrogens with zero attached hydrogens (tertiary/aromatic N) is 5. The van der Waals surface area contributed by atoms with Crippen molar-refractivity contribution in [2.45, 2.75) is 38.5 Å². The maximum Gasteiger partial charge on any atom is 0.247 e. The molecule has 0 aliphatic heterocycles. The molecule has 0 N–H and O–H groups in total. The monoisotopic (exact) mass is 699 g/mol. The van der Waals surface area contributed by atoms with E-state index < -0.39 is 0 Å². The molecule has 54 heavy (non-hydrogen) atoms. The normalized spacial score (nSPS) is 14.6. The Morgan fingerprint density at radius 2 is 0.833 bits per heavy atom. The molecule has 11 rings (SSSR count). The summed E-state index contributed by atoms with van der Waals surface area (Å²) < 4.78 is 12.3. The molecule has 0 amide bonds. The maximum absolute atomic E-state index is 6.14. The van der Waals surface area contributed by atoms with Crippen molar-refractivity contribution in [3.05, 3.63) is 150 Å². The van der Waals surface area contributed by atoms with Gasteiger partial charge in [0.15, 0.2) is 11.2 Å². The molecule has 0 saturated carbocycles. The van der Waals surface area contributed by atoms with E-state index in [1.165, 1.54) is 44.5 Å². The van der Waals surface area contributed by atoms with E-state index in [4.69, 9.17) is 18.8 Å². The standard InChI is InChI=1S/C47H33N5O2/c1-46(2)34-11-7-5-9-30(34)32-17-13-26(21-36(32)46)28-15-19-38(48-24-28)44-51-42-40(53-44)23-41-43(50-42)52-45(54-41)39-20-16-29(25-49-39)27-14-18-33-31-10-6-8-12-35(31)47(3,4)37(33)22-27/h5-25H,1-4H3. The van der Waals surface area contributed by atoms with E-state index in [2.05, 4.69) is 140 Å². The van der Waals surface area contributed by atoms with E-state index in [-0.39, 0.29) is 10.8 Å². The zero-order valence-electron chi connectivity index (χ0n) is 30.2. The van der Waals surface area contributed by atoms with E-state index in [9.17, 15) is 0 Å². The van der Waals surface area contributed by atoms with Crippen molar-refractivity contribution in [2.75, 3.05) is 0 Å². The molecular weight excluding hydrogens is 667 g/mol. The van der Waals surface area contributed by atoms with Crippen molar-refractivity contribution in [1.29, 1.82) is 0 Å². The summed E-state index contributed by atoms with van der Waals surface area (Å²) in [6.07, 6.45) is 3.74. The number of oxazole rings is 2. The van der Waals surface area contributed by atoms with Crippen molar-refractivity contribution < 1.29 is 8.83 Å². The van der Waals surface area contributed by atoms with Crippen LogP contribution in [0.2, 0.25) is 0 Å². The average Bonchev–Trinajstić information content (AvgIpc) is 3.93. The fourth-order valence-electron chi connectivity index (χ4n) is 8.58. The van der Waals surface area contributed by atoms with Crippen molar-refractivity contribution in [3.8, 4) is 67.7 Å². The van der Waals surface area contributed by atoms with Gasteiger partial charge in [-0.25, -0.2) is 4.98 Å². The highest BCUT2D eigenvalue weighted by molar-refractivity contribution is 5.87. The highest BCUT2D eigenvalue weighted by atomic mass is 16.4. The van der Waals surface area contributed by atoms with Crippen LogP contribution in [0.5, 0.6) is 0 Å². The average molecular weight is 700 g/mol. The summed E-state index contributed by atoms with van der Waals surface area (Å²) in [7, 11) is 0. The minimum atomic E-state index is -0.0641. The molecule has 5 heterocycles. The van der Waals surface area contributed by atoms with Gasteiger partial charge in [0, 0.05) is 40.4 Å². The second-order valence-corrected chi connectivity index (χ2v) is 15.4. The molecule has 2 aliphatic rings. The topological polar surface area (TPSA) is 90.7 Å². The highest BCUT2D eigenvalue weighted by Gasteiger charge is 2.36. The Labute approximate surface area is 311 Å². The lowest BCUT2D eigenvalue weighted by Crippen LogP contribution is -2.14. The SMILES string of the molecule is CC1(C)c2ccccc2-c2ccc(-c3ccc(-c4nc5nc6nc(-c7ccc(-c8ccc9c(c8)C(C)(C)c8ccccc8-9)cn7)oc6cc5o4)nc3)cc21. The molecule has 0 saturated heterocycles. The fraction of sp³-hybridized carbons (Fsp3) is 0.128. The smallest absolute Gasteiger partial charge is 0.247 e. The molecule has 0 unspecified atom stereocenters. The summed E-state index contributed by atoms with van der Waals surface area (Å²) in [5.74, 6) is 0.775. The molecule has 7 nitrogen and oxygen atoms in total. The number of benzene rings is 4. The van der Waals surface area contributed by atoms with Crippen LogP contribution in [0.3, 0.4) is 0 Å². The first-order valence-electron chi connectivity index (χ1n) is 18.2. The van der Waals surface area contributed by atoms with Crippen LogP contribution in [0.1, 0.15) is 49.9 Å². The number of pyridine rings is 3. The molecule has 5 aromatic heterocycles. The van der Waals surface area contributed by atoms with Gasteiger partial charge in [-0.05, 0) is 79.9 Å². The number of aromatic nitrogens is 5. The second kappa shape index (κ2) is 10.9. The van der Waals surface area contributed by atoms with E-state index >= 15 is 0 Å². The fourth-order valence-corrected chi connectivity index (χ4v) is 8.58. The zero-order chi connectivity index (χ0) is 36.3. The van der Waals surface area contributed by atoms with Gasteiger partial charge in [0.1, 0.15) is 11.4 Å². The maximum atomic E-state index is 6.14. The Morgan fingerprint density at radius 1 is 0.407 bits per heavy atom. The molecule has 0 bridgehead atoms. The van der Waals surface area contributed by atoms with Gasteiger partial charge in [-0.3, -0.25) is 9.97 Å². The first-order valence-corrected chi connectivity index (χ1v) is 18.2. The molecule has 0 spiro atoms. The summed E-state index contributed by atoms with van der Waals surface area (Å²) in [4.78, 5) is 23.5. The van der Waals surface area contributed by atoms with Crippen LogP contribution in [-0.2, 0) is 10.8 Å². The van der Waals surface area contributed by atoms with Gasteiger partial charge in [0.25, 0.3) is 0 Å². The van der Waals surface area contributed by atoms with Crippen LogP contribution in [0, 0.1) is 0 Å². The molecule has 0 atom stereocenters. The third kappa shape index (κ3) is 4.45. The molecule has 0 fully saturated rings. The Bertz CT molecular complexity index is 2740. The summed E-state index contributed by atoms with van der Waals surface area (Å²) in [6.45, 7) is 9.17. The number of hydrogen-bond acceptors (Lipinski definition) is 7. The first kappa shape index (κ1) is 30.9. The van der Waals surface area contributed by atoms with Crippen LogP contribution in [0.4, 0.5) is 0 Å². The Morgan fingerprint density at radius 3 is 1.28 bits per heavy atom. The first-order chi connectivity index (χ1) is 26.2. The van der Waals surface area contributed by atoms with Gasteiger partial charge < -0.3 is 8.83 Å². The number of hydrogen-bond donors (Lipinski definition) is 0. The Hall–Kier alpha value is -6.73. The molecule has 7 heteroatoms. The largest absolute Gasteiger partial charge is 0.433 e. The molecule has 9 aromatic rings. The third-order valence-corrected chi connectivity index (χ3v) is 11.5. The summed E-state index contributed by atoms with van der Waals surface area (Å²) in [5.41, 5.74) is 17.9. The van der Waals surface area contributed by atoms with Crippen LogP contribution in [-0.4, -0.2) is 24.9 Å². The van der Waals surface area contributed by atoms with Crippen molar-refractivity contribution in [1.82, 2.24) is 24.9 Å². The van der Waals surface area contributed by atoms with E-state index in [1.54, 1.807) is 6.07 Å². The van der Waals surface area contributed by atoms with Crippen LogP contribution in [0.25, 0.3) is 90.1 Å². The van der Waals surface area contributed by atoms with Gasteiger partial charge in [-0.2, -0.15) is 9.97 Å². The van der Waals surface area contributed by atoms with Crippen molar-refractivity contribution >= 4 is 22.5 Å². The summed E-state index contributed by atoms with van der Waals surface area (Å²) in [5, 5.41) is 0. The molecular formula is C47H33N5O2. The minimum Gasteiger partial charge on any atom is -0.433 e. The third-order valence-electron chi connectivity index (χ3n) is 11.5. The van der Waals surface area contributed by atoms with Gasteiger partial charge >= 0.3 is 0 Å².